The summed E-state index contributed by atoms with van der Waals surface area (Å²) in [7, 11) is 0. The molecular weight excluding hydrogens is 296 g/mol. The highest BCUT2D eigenvalue weighted by molar-refractivity contribution is 7.17. The number of nitrogens with two attached hydrogens (primary N) is 1. The third-order valence-electron chi connectivity index (χ3n) is 3.60. The second kappa shape index (κ2) is 5.10. The van der Waals surface area contributed by atoms with Gasteiger partial charge in [0.2, 0.25) is 0 Å². The summed E-state index contributed by atoms with van der Waals surface area (Å²) in [5.74, 6) is -0.0983. The summed E-state index contributed by atoms with van der Waals surface area (Å²) < 4.78 is 6.09. The van der Waals surface area contributed by atoms with Crippen LogP contribution in [-0.4, -0.2) is 45.2 Å². The van der Waals surface area contributed by atoms with E-state index in [0.29, 0.717) is 11.3 Å². The van der Waals surface area contributed by atoms with Crippen LogP contribution in [0.1, 0.15) is 11.5 Å². The first kappa shape index (κ1) is 14.0. The molecule has 0 amide bonds. The maximum atomic E-state index is 10.4. The molecule has 2 aromatic rings. The highest BCUT2D eigenvalue weighted by atomic mass is 32.1. The molecule has 1 saturated heterocycles. The van der Waals surface area contributed by atoms with Crippen LogP contribution in [0.4, 0.5) is 5.82 Å². The standard InChI is InChI=1S/C11H12N6O3S/c12-10-8-7(14-4-15-10)6(2-21-8)5-1-20-11(3-18,9(5)19)16-17-13/h2,4-5,9,18-19H,1,3H2,(H2,12,14,15)/t5?,9-,11+/m0/s1. The zero-order valence-corrected chi connectivity index (χ0v) is 11.6. The van der Waals surface area contributed by atoms with E-state index in [9.17, 15) is 10.2 Å². The SMILES string of the molecule is [N-]=[N+]=N[C@]1(CO)OCC(c2csc3c(N)ncnc23)[C@@H]1O. The molecular formula is C11H12N6O3S. The molecule has 1 unspecified atom stereocenters. The van der Waals surface area contributed by atoms with Crippen molar-refractivity contribution in [3.05, 3.63) is 27.7 Å². The summed E-state index contributed by atoms with van der Waals surface area (Å²) in [5.41, 5.74) is 14.1. The lowest BCUT2D eigenvalue weighted by Crippen LogP contribution is -2.42. The molecule has 0 saturated carbocycles. The summed E-state index contributed by atoms with van der Waals surface area (Å²) in [4.78, 5) is 10.7. The number of nitrogen functional groups attached to an aromatic ring is 1. The molecule has 3 rings (SSSR count). The molecule has 9 nitrogen and oxygen atoms in total. The lowest BCUT2D eigenvalue weighted by molar-refractivity contribution is -0.0857. The van der Waals surface area contributed by atoms with Crippen LogP contribution in [0.3, 0.4) is 0 Å². The van der Waals surface area contributed by atoms with Gasteiger partial charge in [-0.25, -0.2) is 9.97 Å². The topological polar surface area (TPSA) is 150 Å². The van der Waals surface area contributed by atoms with E-state index in [-0.39, 0.29) is 6.61 Å². The maximum absolute atomic E-state index is 10.4. The number of fused-ring (bicyclic) bond motifs is 1. The Morgan fingerprint density at radius 2 is 2.43 bits per heavy atom. The molecule has 110 valence electrons. The van der Waals surface area contributed by atoms with Crippen molar-refractivity contribution in [3.63, 3.8) is 0 Å². The van der Waals surface area contributed by atoms with Crippen LogP contribution in [0, 0.1) is 0 Å². The third-order valence-corrected chi connectivity index (χ3v) is 4.61. The van der Waals surface area contributed by atoms with Crippen LogP contribution in [0.15, 0.2) is 16.8 Å². The van der Waals surface area contributed by atoms with Crippen LogP contribution in [0.5, 0.6) is 0 Å². The molecule has 1 fully saturated rings. The van der Waals surface area contributed by atoms with E-state index >= 15 is 0 Å². The van der Waals surface area contributed by atoms with Crippen molar-refractivity contribution in [3.8, 4) is 0 Å². The van der Waals surface area contributed by atoms with Gasteiger partial charge in [-0.3, -0.25) is 0 Å². The molecule has 1 aliphatic rings. The van der Waals surface area contributed by atoms with E-state index in [0.717, 1.165) is 10.3 Å². The number of nitrogens with zero attached hydrogens (tertiary/aromatic N) is 5. The zero-order valence-electron chi connectivity index (χ0n) is 10.7. The van der Waals surface area contributed by atoms with Gasteiger partial charge in [-0.2, -0.15) is 0 Å². The van der Waals surface area contributed by atoms with Crippen molar-refractivity contribution in [2.75, 3.05) is 18.9 Å². The van der Waals surface area contributed by atoms with E-state index in [2.05, 4.69) is 20.0 Å². The van der Waals surface area contributed by atoms with Gasteiger partial charge < -0.3 is 20.7 Å². The molecule has 0 radical (unpaired) electrons. The number of rotatable bonds is 3. The largest absolute Gasteiger partial charge is 0.393 e. The van der Waals surface area contributed by atoms with Crippen molar-refractivity contribution < 1.29 is 14.9 Å². The lowest BCUT2D eigenvalue weighted by atomic mass is 9.92. The summed E-state index contributed by atoms with van der Waals surface area (Å²) in [6, 6.07) is 0. The number of thiophene rings is 1. The molecule has 2 aromatic heterocycles. The van der Waals surface area contributed by atoms with E-state index in [1.807, 2.05) is 5.38 Å². The first-order chi connectivity index (χ1) is 10.1. The molecule has 3 heterocycles. The number of anilines is 1. The number of azide groups is 1. The summed E-state index contributed by atoms with van der Waals surface area (Å²) in [6.45, 7) is -0.496. The van der Waals surface area contributed by atoms with Crippen LogP contribution in [-0.2, 0) is 4.74 Å². The molecule has 1 aliphatic heterocycles. The van der Waals surface area contributed by atoms with Crippen LogP contribution < -0.4 is 5.73 Å². The first-order valence-corrected chi connectivity index (χ1v) is 6.97. The van der Waals surface area contributed by atoms with Gasteiger partial charge in [0.1, 0.15) is 18.2 Å². The Kier molecular flexibility index (Phi) is 3.40. The Morgan fingerprint density at radius 3 is 3.14 bits per heavy atom. The fraction of sp³-hybridized carbons (Fsp3) is 0.455. The average Bonchev–Trinajstić information content (AvgIpc) is 3.03. The summed E-state index contributed by atoms with van der Waals surface area (Å²) in [5, 5.41) is 25.0. The number of aromatic nitrogens is 2. The molecule has 10 heteroatoms. The molecule has 0 aromatic carbocycles. The number of aliphatic hydroxyl groups excluding tert-OH is 2. The van der Waals surface area contributed by atoms with Crippen LogP contribution in [0.2, 0.25) is 0 Å². The number of hydrogen-bond donors (Lipinski definition) is 3. The average molecular weight is 308 g/mol. The smallest absolute Gasteiger partial charge is 0.196 e. The molecule has 3 atom stereocenters. The minimum atomic E-state index is -1.66. The van der Waals surface area contributed by atoms with Gasteiger partial charge in [0.05, 0.1) is 23.4 Å². The van der Waals surface area contributed by atoms with Crippen LogP contribution in [0.25, 0.3) is 20.7 Å². The van der Waals surface area contributed by atoms with Gasteiger partial charge in [-0.1, -0.05) is 5.11 Å². The normalized spacial score (nSPS) is 28.7. The van der Waals surface area contributed by atoms with Crippen molar-refractivity contribution >= 4 is 27.4 Å². The highest BCUT2D eigenvalue weighted by Crippen LogP contribution is 2.42. The van der Waals surface area contributed by atoms with Gasteiger partial charge in [-0.15, -0.1) is 11.3 Å². The Morgan fingerprint density at radius 1 is 1.62 bits per heavy atom. The number of aliphatic hydroxyl groups is 2. The van der Waals surface area contributed by atoms with E-state index < -0.39 is 24.4 Å². The minimum absolute atomic E-state index is 0.108. The zero-order chi connectivity index (χ0) is 15.0. The fourth-order valence-corrected chi connectivity index (χ4v) is 3.46. The van der Waals surface area contributed by atoms with E-state index in [1.165, 1.54) is 17.7 Å². The number of hydrogen-bond acceptors (Lipinski definition) is 8. The number of ether oxygens (including phenoxy) is 1. The van der Waals surface area contributed by atoms with Gasteiger partial charge >= 0.3 is 0 Å². The fourth-order valence-electron chi connectivity index (χ4n) is 2.47. The van der Waals surface area contributed by atoms with Crippen molar-refractivity contribution in [1.29, 1.82) is 0 Å². The summed E-state index contributed by atoms with van der Waals surface area (Å²) in [6.07, 6.45) is 0.176. The summed E-state index contributed by atoms with van der Waals surface area (Å²) >= 11 is 1.37. The maximum Gasteiger partial charge on any atom is 0.196 e. The van der Waals surface area contributed by atoms with Crippen molar-refractivity contribution in [1.82, 2.24) is 9.97 Å². The van der Waals surface area contributed by atoms with E-state index in [4.69, 9.17) is 16.0 Å². The molecule has 0 bridgehead atoms. The first-order valence-electron chi connectivity index (χ1n) is 6.09. The van der Waals surface area contributed by atoms with Gasteiger partial charge in [0.25, 0.3) is 0 Å². The van der Waals surface area contributed by atoms with Crippen molar-refractivity contribution in [2.45, 2.75) is 17.7 Å². The Balaban J connectivity index is 2.05. The third kappa shape index (κ3) is 2.01. The van der Waals surface area contributed by atoms with Gasteiger partial charge in [-0.05, 0) is 16.5 Å². The van der Waals surface area contributed by atoms with Gasteiger partial charge in [0.15, 0.2) is 5.72 Å². The van der Waals surface area contributed by atoms with E-state index in [1.54, 1.807) is 0 Å². The lowest BCUT2D eigenvalue weighted by Gasteiger charge is -2.25. The van der Waals surface area contributed by atoms with Crippen molar-refractivity contribution in [2.24, 2.45) is 5.11 Å². The molecule has 0 spiro atoms. The van der Waals surface area contributed by atoms with Crippen LogP contribution >= 0.6 is 11.3 Å². The highest BCUT2D eigenvalue weighted by Gasteiger charge is 2.50. The Labute approximate surface area is 122 Å². The Bertz CT molecular complexity index is 730. The predicted molar refractivity (Wildman–Crippen MR) is 75.5 cm³/mol. The molecule has 21 heavy (non-hydrogen) atoms. The molecule has 4 N–H and O–H groups in total. The second-order valence-electron chi connectivity index (χ2n) is 4.68. The minimum Gasteiger partial charge on any atom is -0.393 e. The van der Waals surface area contributed by atoms with Gasteiger partial charge in [0, 0.05) is 10.8 Å². The monoisotopic (exact) mass is 308 g/mol. The predicted octanol–water partition coefficient (Wildman–Crippen LogP) is 0.747. The second-order valence-corrected chi connectivity index (χ2v) is 5.56. The Hall–Kier alpha value is -1.97. The molecule has 0 aliphatic carbocycles. The quantitative estimate of drug-likeness (QED) is 0.432.